The van der Waals surface area contributed by atoms with Crippen molar-refractivity contribution in [3.8, 4) is 0 Å². The number of carbonyl (C=O) groups excluding carboxylic acids is 3. The summed E-state index contributed by atoms with van der Waals surface area (Å²) in [5, 5.41) is 25.2. The number of aliphatic imine (C=N–C) groups is 1. The van der Waals surface area contributed by atoms with Crippen molar-refractivity contribution in [2.75, 3.05) is 18.6 Å². The van der Waals surface area contributed by atoms with Crippen LogP contribution in [0.4, 0.5) is 0 Å². The monoisotopic (exact) mass is 505 g/mol. The van der Waals surface area contributed by atoms with Gasteiger partial charge in [-0.1, -0.05) is 0 Å². The van der Waals surface area contributed by atoms with E-state index in [4.69, 9.17) is 22.3 Å². The van der Waals surface area contributed by atoms with E-state index in [1.807, 2.05) is 0 Å². The molecule has 0 spiro atoms. The molecule has 15 heteroatoms. The fourth-order valence-electron chi connectivity index (χ4n) is 2.64. The Bertz CT molecular complexity index is 747. The molecule has 0 radical (unpaired) electrons. The zero-order chi connectivity index (χ0) is 26.3. The molecule has 0 fully saturated rings. The summed E-state index contributed by atoms with van der Waals surface area (Å²) in [6.45, 7) is 1.71. The molecule has 0 aromatic heterocycles. The summed E-state index contributed by atoms with van der Waals surface area (Å²) in [5.41, 5.74) is 16.2. The van der Waals surface area contributed by atoms with Crippen molar-refractivity contribution in [1.82, 2.24) is 16.0 Å². The van der Waals surface area contributed by atoms with Gasteiger partial charge in [0.15, 0.2) is 5.96 Å². The lowest BCUT2D eigenvalue weighted by Crippen LogP contribution is -2.56. The molecule has 0 aliphatic rings. The lowest BCUT2D eigenvalue weighted by Gasteiger charge is -2.23. The summed E-state index contributed by atoms with van der Waals surface area (Å²) in [5.74, 6) is -4.19. The molecule has 11 N–H and O–H groups in total. The van der Waals surface area contributed by atoms with Gasteiger partial charge in [-0.15, -0.1) is 0 Å². The van der Waals surface area contributed by atoms with Crippen LogP contribution in [0.15, 0.2) is 4.99 Å². The fourth-order valence-corrected chi connectivity index (χ4v) is 3.11. The first-order valence-corrected chi connectivity index (χ1v) is 11.9. The average molecular weight is 506 g/mol. The third-order valence-electron chi connectivity index (χ3n) is 4.56. The van der Waals surface area contributed by atoms with Gasteiger partial charge in [-0.3, -0.25) is 24.2 Å². The molecule has 34 heavy (non-hydrogen) atoms. The van der Waals surface area contributed by atoms with E-state index >= 15 is 0 Å². The second-order valence-electron chi connectivity index (χ2n) is 7.46. The van der Waals surface area contributed by atoms with Gasteiger partial charge in [0.25, 0.3) is 0 Å². The van der Waals surface area contributed by atoms with Crippen LogP contribution in [0.2, 0.25) is 0 Å². The smallest absolute Gasteiger partial charge is 0.326 e. The van der Waals surface area contributed by atoms with Gasteiger partial charge in [-0.25, -0.2) is 4.79 Å². The number of carboxylic acids is 2. The molecule has 3 amide bonds. The summed E-state index contributed by atoms with van der Waals surface area (Å²) < 4.78 is 0. The number of nitrogens with one attached hydrogen (secondary N) is 3. The third kappa shape index (κ3) is 13.5. The molecule has 0 aliphatic carbocycles. The van der Waals surface area contributed by atoms with Crippen LogP contribution >= 0.6 is 11.8 Å². The number of hydrogen-bond acceptors (Lipinski definition) is 8. The molecule has 4 atom stereocenters. The van der Waals surface area contributed by atoms with Gasteiger partial charge in [0.2, 0.25) is 17.7 Å². The van der Waals surface area contributed by atoms with Crippen LogP contribution in [0.3, 0.4) is 0 Å². The summed E-state index contributed by atoms with van der Waals surface area (Å²) in [4.78, 5) is 63.2. The largest absolute Gasteiger partial charge is 0.481 e. The van der Waals surface area contributed by atoms with E-state index in [0.717, 1.165) is 0 Å². The minimum atomic E-state index is -1.42. The Morgan fingerprint density at radius 3 is 2.06 bits per heavy atom. The van der Waals surface area contributed by atoms with Crippen molar-refractivity contribution in [2.24, 2.45) is 22.2 Å². The van der Waals surface area contributed by atoms with Gasteiger partial charge in [0, 0.05) is 13.0 Å². The van der Waals surface area contributed by atoms with E-state index in [2.05, 4.69) is 20.9 Å². The Kier molecular flexibility index (Phi) is 15.0. The molecule has 0 saturated carbocycles. The number of carbonyl (C=O) groups is 5. The Morgan fingerprint density at radius 1 is 0.912 bits per heavy atom. The molecule has 0 rings (SSSR count). The quantitative estimate of drug-likeness (QED) is 0.0584. The number of nitrogens with zero attached hydrogens (tertiary/aromatic N) is 1. The molecule has 0 aromatic rings. The molecule has 0 heterocycles. The second kappa shape index (κ2) is 16.5. The van der Waals surface area contributed by atoms with E-state index in [9.17, 15) is 29.1 Å². The van der Waals surface area contributed by atoms with E-state index in [-0.39, 0.29) is 25.2 Å². The minimum absolute atomic E-state index is 0.0695. The van der Waals surface area contributed by atoms with Gasteiger partial charge in [-0.2, -0.15) is 11.8 Å². The van der Waals surface area contributed by atoms with Crippen molar-refractivity contribution in [1.29, 1.82) is 0 Å². The van der Waals surface area contributed by atoms with Crippen LogP contribution < -0.4 is 33.2 Å². The fraction of sp³-hybridized carbons (Fsp3) is 0.684. The zero-order valence-corrected chi connectivity index (χ0v) is 20.1. The number of aliphatic carboxylic acids is 2. The first kappa shape index (κ1) is 30.9. The molecule has 4 unspecified atom stereocenters. The Morgan fingerprint density at radius 2 is 1.53 bits per heavy atom. The maximum atomic E-state index is 12.6. The SMILES string of the molecule is CSCCC(NC(=O)C(C)NC(=O)C(N)CCCN=C(N)N)C(=O)NC(CCC(=O)O)C(=O)O. The zero-order valence-electron chi connectivity index (χ0n) is 19.3. The van der Waals surface area contributed by atoms with E-state index in [1.165, 1.54) is 18.7 Å². The summed E-state index contributed by atoms with van der Waals surface area (Å²) >= 11 is 1.41. The first-order chi connectivity index (χ1) is 15.9. The van der Waals surface area contributed by atoms with Crippen molar-refractivity contribution < 1.29 is 34.2 Å². The van der Waals surface area contributed by atoms with E-state index in [1.54, 1.807) is 6.26 Å². The van der Waals surface area contributed by atoms with Crippen LogP contribution in [0.5, 0.6) is 0 Å². The predicted molar refractivity (Wildman–Crippen MR) is 127 cm³/mol. The van der Waals surface area contributed by atoms with Gasteiger partial charge in [0.05, 0.1) is 6.04 Å². The normalized spacial score (nSPS) is 14.1. The number of amides is 3. The summed E-state index contributed by atoms with van der Waals surface area (Å²) in [7, 11) is 0. The summed E-state index contributed by atoms with van der Waals surface area (Å²) in [6, 6.07) is -4.43. The molecule has 194 valence electrons. The number of hydrogen-bond donors (Lipinski definition) is 8. The van der Waals surface area contributed by atoms with Crippen LogP contribution in [0.25, 0.3) is 0 Å². The van der Waals surface area contributed by atoms with Crippen LogP contribution in [0.1, 0.15) is 39.0 Å². The summed E-state index contributed by atoms with van der Waals surface area (Å²) in [6.07, 6.45) is 1.96. The number of carboxylic acid groups (broad SMARTS) is 2. The van der Waals surface area contributed by atoms with Crippen LogP contribution in [0, 0.1) is 0 Å². The minimum Gasteiger partial charge on any atom is -0.481 e. The number of guanidine groups is 1. The lowest BCUT2D eigenvalue weighted by atomic mass is 10.1. The Hall–Kier alpha value is -3.07. The lowest BCUT2D eigenvalue weighted by molar-refractivity contribution is -0.143. The molecule has 0 aromatic carbocycles. The number of nitrogens with two attached hydrogens (primary N) is 3. The third-order valence-corrected chi connectivity index (χ3v) is 5.21. The van der Waals surface area contributed by atoms with Crippen molar-refractivity contribution >= 4 is 47.4 Å². The first-order valence-electron chi connectivity index (χ1n) is 10.5. The predicted octanol–water partition coefficient (Wildman–Crippen LogP) is -2.46. The van der Waals surface area contributed by atoms with Gasteiger partial charge in [0.1, 0.15) is 18.1 Å². The van der Waals surface area contributed by atoms with Crippen LogP contribution in [-0.2, 0) is 24.0 Å². The average Bonchev–Trinajstić information content (AvgIpc) is 2.75. The number of rotatable bonds is 17. The highest BCUT2D eigenvalue weighted by Crippen LogP contribution is 2.05. The van der Waals surface area contributed by atoms with Crippen molar-refractivity contribution in [3.63, 3.8) is 0 Å². The van der Waals surface area contributed by atoms with E-state index < -0.39 is 60.2 Å². The molecule has 0 bridgehead atoms. The maximum Gasteiger partial charge on any atom is 0.326 e. The van der Waals surface area contributed by atoms with Gasteiger partial charge in [-0.05, 0) is 44.6 Å². The molecular formula is C19H35N7O7S. The highest BCUT2D eigenvalue weighted by molar-refractivity contribution is 7.98. The number of thioether (sulfide) groups is 1. The Balaban J connectivity index is 4.96. The van der Waals surface area contributed by atoms with Gasteiger partial charge >= 0.3 is 11.9 Å². The second-order valence-corrected chi connectivity index (χ2v) is 8.45. The molecular weight excluding hydrogens is 470 g/mol. The molecule has 14 nitrogen and oxygen atoms in total. The van der Waals surface area contributed by atoms with Crippen LogP contribution in [-0.4, -0.2) is 88.6 Å². The van der Waals surface area contributed by atoms with Crippen molar-refractivity contribution in [3.05, 3.63) is 0 Å². The highest BCUT2D eigenvalue weighted by Gasteiger charge is 2.28. The molecule has 0 aliphatic heterocycles. The maximum absolute atomic E-state index is 12.6. The van der Waals surface area contributed by atoms with Gasteiger partial charge < -0.3 is 43.4 Å². The van der Waals surface area contributed by atoms with Crippen molar-refractivity contribution in [2.45, 2.75) is 63.2 Å². The Labute approximate surface area is 201 Å². The molecule has 0 saturated heterocycles. The topological polar surface area (TPSA) is 252 Å². The standard InChI is InChI=1S/C19H35N7O7S/c1-10(24-16(30)11(20)4-3-8-23-19(21)22)15(29)25-12(7-9-34-2)17(31)26-13(18(32)33)5-6-14(27)28/h10-13H,3-9,20H2,1-2H3,(H,24,30)(H,25,29)(H,26,31)(H,27,28)(H,32,33)(H4,21,22,23). The van der Waals surface area contributed by atoms with E-state index in [0.29, 0.717) is 18.7 Å². The highest BCUT2D eigenvalue weighted by atomic mass is 32.2.